The fraction of sp³-hybridized carbons (Fsp3) is 0.240. The van der Waals surface area contributed by atoms with Crippen LogP contribution in [0, 0.1) is 6.92 Å². The van der Waals surface area contributed by atoms with Crippen LogP contribution in [0.5, 0.6) is 5.75 Å². The van der Waals surface area contributed by atoms with Crippen LogP contribution in [0.15, 0.2) is 77.7 Å². The second kappa shape index (κ2) is 9.04. The van der Waals surface area contributed by atoms with Crippen molar-refractivity contribution in [3.63, 3.8) is 0 Å². The number of benzene rings is 3. The molecule has 0 bridgehead atoms. The average Bonchev–Trinajstić information content (AvgIpc) is 3.29. The van der Waals surface area contributed by atoms with Crippen LogP contribution in [-0.2, 0) is 10.0 Å². The number of para-hydroxylation sites is 2. The van der Waals surface area contributed by atoms with Crippen LogP contribution in [0.2, 0.25) is 0 Å². The minimum absolute atomic E-state index is 0.00401. The highest BCUT2D eigenvalue weighted by Gasteiger charge is 2.31. The van der Waals surface area contributed by atoms with Gasteiger partial charge >= 0.3 is 0 Å². The van der Waals surface area contributed by atoms with E-state index in [4.69, 9.17) is 4.74 Å². The molecule has 3 aromatic carbocycles. The molecule has 1 N–H and O–H groups in total. The van der Waals surface area contributed by atoms with Crippen LogP contribution < -0.4 is 9.46 Å². The Morgan fingerprint density at radius 3 is 2.56 bits per heavy atom. The Bertz CT molecular complexity index is 1240. The maximum absolute atomic E-state index is 13.4. The molecule has 3 aromatic rings. The van der Waals surface area contributed by atoms with Crippen molar-refractivity contribution in [3.8, 4) is 5.75 Å². The number of methoxy groups -OCH3 is 1. The number of aryl methyl sites for hydroxylation is 1. The minimum atomic E-state index is -3.90. The van der Waals surface area contributed by atoms with E-state index in [0.717, 1.165) is 24.0 Å². The lowest BCUT2D eigenvalue weighted by atomic mass is 9.99. The third-order valence-corrected chi connectivity index (χ3v) is 7.17. The SMILES string of the molecule is COc1ccccc1NS(=O)(=O)c1cccc(C(=O)N2CCCC2c2ccccc2C)c1. The molecule has 0 spiro atoms. The average molecular weight is 451 g/mol. The maximum atomic E-state index is 13.4. The molecule has 1 aliphatic rings. The fourth-order valence-corrected chi connectivity index (χ4v) is 5.30. The van der Waals surface area contributed by atoms with E-state index in [9.17, 15) is 13.2 Å². The van der Waals surface area contributed by atoms with Crippen molar-refractivity contribution in [1.29, 1.82) is 0 Å². The lowest BCUT2D eigenvalue weighted by Gasteiger charge is -2.26. The molecule has 0 saturated carbocycles. The molecule has 1 saturated heterocycles. The molecule has 32 heavy (non-hydrogen) atoms. The third kappa shape index (κ3) is 4.34. The molecule has 1 unspecified atom stereocenters. The lowest BCUT2D eigenvalue weighted by molar-refractivity contribution is 0.0735. The zero-order valence-electron chi connectivity index (χ0n) is 18.1. The number of carbonyl (C=O) groups is 1. The van der Waals surface area contributed by atoms with E-state index in [1.54, 1.807) is 36.4 Å². The summed E-state index contributed by atoms with van der Waals surface area (Å²) < 4.78 is 33.8. The van der Waals surface area contributed by atoms with Crippen molar-refractivity contribution in [2.24, 2.45) is 0 Å². The van der Waals surface area contributed by atoms with Crippen molar-refractivity contribution < 1.29 is 17.9 Å². The number of carbonyl (C=O) groups excluding carboxylic acids is 1. The predicted molar refractivity (Wildman–Crippen MR) is 124 cm³/mol. The maximum Gasteiger partial charge on any atom is 0.262 e. The first-order valence-corrected chi connectivity index (χ1v) is 12.0. The number of sulfonamides is 1. The van der Waals surface area contributed by atoms with E-state index in [1.165, 1.54) is 19.2 Å². The molecule has 1 aliphatic heterocycles. The van der Waals surface area contributed by atoms with E-state index in [-0.39, 0.29) is 16.8 Å². The molecule has 0 aromatic heterocycles. The molecule has 4 rings (SSSR count). The minimum Gasteiger partial charge on any atom is -0.495 e. The number of likely N-dealkylation sites (tertiary alicyclic amines) is 1. The van der Waals surface area contributed by atoms with Crippen LogP contribution >= 0.6 is 0 Å². The van der Waals surface area contributed by atoms with Gasteiger partial charge in [-0.15, -0.1) is 0 Å². The summed E-state index contributed by atoms with van der Waals surface area (Å²) in [7, 11) is -2.42. The number of hydrogen-bond acceptors (Lipinski definition) is 4. The molecule has 1 amide bonds. The van der Waals surface area contributed by atoms with Crippen LogP contribution in [0.25, 0.3) is 0 Å². The van der Waals surface area contributed by atoms with Gasteiger partial charge in [0.1, 0.15) is 5.75 Å². The lowest BCUT2D eigenvalue weighted by Crippen LogP contribution is -2.31. The van der Waals surface area contributed by atoms with Crippen molar-refractivity contribution in [2.45, 2.75) is 30.7 Å². The summed E-state index contributed by atoms with van der Waals surface area (Å²) >= 11 is 0. The number of anilines is 1. The van der Waals surface area contributed by atoms with E-state index < -0.39 is 10.0 Å². The number of ether oxygens (including phenoxy) is 1. The Morgan fingerprint density at radius 2 is 1.78 bits per heavy atom. The Balaban J connectivity index is 1.61. The first-order valence-electron chi connectivity index (χ1n) is 10.5. The van der Waals surface area contributed by atoms with Crippen molar-refractivity contribution in [3.05, 3.63) is 89.5 Å². The number of rotatable bonds is 6. The molecular formula is C25H26N2O4S. The molecular weight excluding hydrogens is 424 g/mol. The largest absolute Gasteiger partial charge is 0.495 e. The van der Waals surface area contributed by atoms with Gasteiger partial charge in [-0.25, -0.2) is 8.42 Å². The van der Waals surface area contributed by atoms with Crippen molar-refractivity contribution in [2.75, 3.05) is 18.4 Å². The summed E-state index contributed by atoms with van der Waals surface area (Å²) in [6.45, 7) is 2.70. The van der Waals surface area contributed by atoms with E-state index in [0.29, 0.717) is 23.5 Å². The zero-order chi connectivity index (χ0) is 22.7. The van der Waals surface area contributed by atoms with E-state index in [1.807, 2.05) is 30.0 Å². The Hall–Kier alpha value is -3.32. The van der Waals surface area contributed by atoms with Gasteiger partial charge in [-0.2, -0.15) is 0 Å². The molecule has 6 nitrogen and oxygen atoms in total. The third-order valence-electron chi connectivity index (χ3n) is 5.80. The number of nitrogens with one attached hydrogen (secondary N) is 1. The van der Waals surface area contributed by atoms with Crippen LogP contribution in [0.4, 0.5) is 5.69 Å². The van der Waals surface area contributed by atoms with E-state index in [2.05, 4.69) is 10.8 Å². The highest BCUT2D eigenvalue weighted by atomic mass is 32.2. The molecule has 0 aliphatic carbocycles. The summed E-state index contributed by atoms with van der Waals surface area (Å²) in [6.07, 6.45) is 1.81. The summed E-state index contributed by atoms with van der Waals surface area (Å²) in [5.41, 5.74) is 2.98. The van der Waals surface area contributed by atoms with E-state index >= 15 is 0 Å². The Kier molecular flexibility index (Phi) is 6.19. The Morgan fingerprint density at radius 1 is 1.03 bits per heavy atom. The summed E-state index contributed by atoms with van der Waals surface area (Å²) in [5, 5.41) is 0. The van der Waals surface area contributed by atoms with Gasteiger partial charge in [0.05, 0.1) is 23.7 Å². The highest BCUT2D eigenvalue weighted by molar-refractivity contribution is 7.92. The second-order valence-corrected chi connectivity index (χ2v) is 9.53. The first-order chi connectivity index (χ1) is 15.4. The van der Waals surface area contributed by atoms with Gasteiger partial charge in [-0.3, -0.25) is 9.52 Å². The molecule has 1 fully saturated rings. The van der Waals surface area contributed by atoms with Crippen molar-refractivity contribution in [1.82, 2.24) is 4.90 Å². The first kappa shape index (κ1) is 21.9. The smallest absolute Gasteiger partial charge is 0.262 e. The topological polar surface area (TPSA) is 75.7 Å². The zero-order valence-corrected chi connectivity index (χ0v) is 18.9. The van der Waals surface area contributed by atoms with Crippen LogP contribution in [-0.4, -0.2) is 32.9 Å². The van der Waals surface area contributed by atoms with Gasteiger partial charge in [0, 0.05) is 12.1 Å². The van der Waals surface area contributed by atoms with Crippen LogP contribution in [0.1, 0.15) is 40.4 Å². The number of hydrogen-bond donors (Lipinski definition) is 1. The van der Waals surface area contributed by atoms with Gasteiger partial charge in [0.2, 0.25) is 0 Å². The summed E-state index contributed by atoms with van der Waals surface area (Å²) in [4.78, 5) is 15.2. The number of amides is 1. The Labute approximate surface area is 188 Å². The van der Waals surface area contributed by atoms with Gasteiger partial charge in [0.25, 0.3) is 15.9 Å². The monoisotopic (exact) mass is 450 g/mol. The summed E-state index contributed by atoms with van der Waals surface area (Å²) in [6, 6.07) is 21.1. The van der Waals surface area contributed by atoms with Gasteiger partial charge in [-0.05, 0) is 61.2 Å². The normalized spacial score (nSPS) is 16.1. The quantitative estimate of drug-likeness (QED) is 0.586. The van der Waals surface area contributed by atoms with Gasteiger partial charge in [0.15, 0.2) is 0 Å². The molecule has 1 heterocycles. The van der Waals surface area contributed by atoms with Gasteiger partial charge in [-0.1, -0.05) is 42.5 Å². The van der Waals surface area contributed by atoms with Crippen molar-refractivity contribution >= 4 is 21.6 Å². The standard InChI is InChI=1S/C25H26N2O4S/c1-18-9-3-4-12-21(18)23-14-8-16-27(23)25(28)19-10-7-11-20(17-19)32(29,30)26-22-13-5-6-15-24(22)31-2/h3-7,9-13,15,17,23,26H,8,14,16H2,1-2H3. The van der Waals surface area contributed by atoms with Gasteiger partial charge < -0.3 is 9.64 Å². The molecule has 166 valence electrons. The molecule has 7 heteroatoms. The fourth-order valence-electron chi connectivity index (χ4n) is 4.19. The van der Waals surface area contributed by atoms with Crippen LogP contribution in [0.3, 0.4) is 0 Å². The second-order valence-electron chi connectivity index (χ2n) is 7.85. The summed E-state index contributed by atoms with van der Waals surface area (Å²) in [5.74, 6) is 0.256. The number of nitrogens with zero attached hydrogens (tertiary/aromatic N) is 1. The molecule has 0 radical (unpaired) electrons. The molecule has 1 atom stereocenters. The predicted octanol–water partition coefficient (Wildman–Crippen LogP) is 4.78. The highest BCUT2D eigenvalue weighted by Crippen LogP contribution is 2.35.